The Kier molecular flexibility index (Phi) is 9.59. The number of halogens is 2. The molecule has 0 radical (unpaired) electrons. The zero-order chi connectivity index (χ0) is 28.2. The Morgan fingerprint density at radius 2 is 1.92 bits per heavy atom. The quantitative estimate of drug-likeness (QED) is 0.209. The third-order valence-electron chi connectivity index (χ3n) is 6.40. The van der Waals surface area contributed by atoms with Crippen molar-refractivity contribution >= 4 is 36.9 Å². The van der Waals surface area contributed by atoms with E-state index in [4.69, 9.17) is 41.7 Å². The highest BCUT2D eigenvalue weighted by Crippen LogP contribution is 2.49. The second kappa shape index (κ2) is 12.6. The normalized spacial score (nSPS) is 25.5. The summed E-state index contributed by atoms with van der Waals surface area (Å²) in [7, 11) is -4.28. The second-order valence-corrected chi connectivity index (χ2v) is 12.5. The molecule has 1 aromatic heterocycles. The van der Waals surface area contributed by atoms with Crippen molar-refractivity contribution in [3.63, 3.8) is 0 Å². The molecule has 1 aliphatic heterocycles. The number of benzene rings is 1. The van der Waals surface area contributed by atoms with Crippen LogP contribution in [0.3, 0.4) is 0 Å². The molecule has 1 aromatic carbocycles. The number of carbonyl (C=O) groups excluding carboxylic acids is 1. The van der Waals surface area contributed by atoms with Crippen LogP contribution in [0, 0.1) is 0 Å². The molecule has 1 aliphatic carbocycles. The van der Waals surface area contributed by atoms with Gasteiger partial charge in [-0.15, -0.1) is 0 Å². The molecular formula is C24H30Cl2N3O9P. The zero-order valence-corrected chi connectivity index (χ0v) is 23.4. The monoisotopic (exact) mass is 605 g/mol. The average Bonchev–Trinajstić information content (AvgIpc) is 3.12. The molecule has 0 spiro atoms. The van der Waals surface area contributed by atoms with E-state index in [9.17, 15) is 24.1 Å². The number of nitrogens with one attached hydrogen (secondary N) is 2. The molecule has 15 heteroatoms. The number of ether oxygens (including phenoxy) is 2. The topological polar surface area (TPSA) is 158 Å². The number of hydrogen-bond donors (Lipinski definition) is 3. The summed E-state index contributed by atoms with van der Waals surface area (Å²) in [6.45, 7) is 0.913. The first kappa shape index (κ1) is 29.8. The number of H-pyrrole nitrogens is 1. The van der Waals surface area contributed by atoms with Gasteiger partial charge in [-0.3, -0.25) is 23.7 Å². The third kappa shape index (κ3) is 7.32. The van der Waals surface area contributed by atoms with E-state index in [1.54, 1.807) is 30.3 Å². The van der Waals surface area contributed by atoms with Crippen molar-refractivity contribution in [2.24, 2.45) is 0 Å². The lowest BCUT2D eigenvalue weighted by atomic mass is 9.98. The van der Waals surface area contributed by atoms with E-state index < -0.39 is 60.4 Å². The summed E-state index contributed by atoms with van der Waals surface area (Å²) in [6.07, 6.45) is 1.17. The predicted octanol–water partition coefficient (Wildman–Crippen LogP) is 3.03. The van der Waals surface area contributed by atoms with Crippen LogP contribution in [-0.2, 0) is 23.4 Å². The zero-order valence-electron chi connectivity index (χ0n) is 21.0. The molecule has 2 heterocycles. The Balaban J connectivity index is 1.48. The minimum Gasteiger partial charge on any atom is -0.461 e. The molecule has 2 aromatic rings. The molecule has 4 rings (SSSR count). The number of alkyl halides is 2. The highest BCUT2D eigenvalue weighted by Gasteiger charge is 2.56. The third-order valence-corrected chi connectivity index (χ3v) is 8.87. The van der Waals surface area contributed by atoms with Gasteiger partial charge < -0.3 is 19.1 Å². The predicted molar refractivity (Wildman–Crippen MR) is 142 cm³/mol. The summed E-state index contributed by atoms with van der Waals surface area (Å²) in [5.74, 6) is -0.423. The van der Waals surface area contributed by atoms with Gasteiger partial charge in [0.2, 0.25) is 0 Å². The Bertz CT molecular complexity index is 1300. The number of rotatable bonds is 10. The lowest BCUT2D eigenvalue weighted by Gasteiger charge is -2.27. The van der Waals surface area contributed by atoms with Gasteiger partial charge in [-0.2, -0.15) is 5.09 Å². The maximum Gasteiger partial charge on any atom is 0.459 e. The largest absolute Gasteiger partial charge is 0.461 e. The van der Waals surface area contributed by atoms with Gasteiger partial charge in [0.05, 0.1) is 6.61 Å². The van der Waals surface area contributed by atoms with Gasteiger partial charge in [0.1, 0.15) is 30.1 Å². The molecule has 5 atom stereocenters. The van der Waals surface area contributed by atoms with Gasteiger partial charge in [0, 0.05) is 12.3 Å². The number of para-hydroxylation sites is 1. The number of hydrogen-bond acceptors (Lipinski definition) is 9. The van der Waals surface area contributed by atoms with Crippen molar-refractivity contribution in [2.45, 2.75) is 73.9 Å². The minimum atomic E-state index is -4.28. The van der Waals surface area contributed by atoms with Crippen LogP contribution < -0.4 is 20.9 Å². The van der Waals surface area contributed by atoms with Crippen LogP contribution in [0.4, 0.5) is 0 Å². The molecule has 2 fully saturated rings. The van der Waals surface area contributed by atoms with E-state index in [2.05, 4.69) is 10.1 Å². The van der Waals surface area contributed by atoms with Gasteiger partial charge in [-0.25, -0.2) is 9.36 Å². The molecule has 0 bridgehead atoms. The fourth-order valence-electron chi connectivity index (χ4n) is 4.34. The van der Waals surface area contributed by atoms with Crippen molar-refractivity contribution in [3.8, 4) is 5.75 Å². The first-order chi connectivity index (χ1) is 18.5. The summed E-state index contributed by atoms with van der Waals surface area (Å²) < 4.78 is 35.1. The Hall–Kier alpha value is -2.18. The molecular weight excluding hydrogens is 576 g/mol. The van der Waals surface area contributed by atoms with Gasteiger partial charge in [0.15, 0.2) is 10.6 Å². The summed E-state index contributed by atoms with van der Waals surface area (Å²) in [4.78, 5) is 38.5. The molecule has 0 amide bonds. The van der Waals surface area contributed by atoms with E-state index in [1.807, 2.05) is 0 Å². The van der Waals surface area contributed by atoms with E-state index in [-0.39, 0.29) is 11.9 Å². The van der Waals surface area contributed by atoms with Crippen molar-refractivity contribution in [1.29, 1.82) is 0 Å². The van der Waals surface area contributed by atoms with E-state index in [1.165, 1.54) is 6.92 Å². The number of nitrogens with zero attached hydrogens (tertiary/aromatic N) is 1. The lowest BCUT2D eigenvalue weighted by Crippen LogP contribution is -2.41. The van der Waals surface area contributed by atoms with Gasteiger partial charge in [-0.05, 0) is 44.7 Å². The maximum absolute atomic E-state index is 13.8. The standard InChI is InChI=1S/C24H30Cl2N3O9P/c1-15(21(32)36-16-8-4-2-5-9-16)28-39(34,38-17-10-6-3-7-11-17)35-14-18-20(31)24(25,26)22(37-18)29-13-12-19(30)27-23(29)33/h3,6-7,10-13,15-16,18,20,22,31H,2,4-5,8-9,14H2,1H3,(H,28,34)(H,27,30,33)/t15-,18+,20+,22+,39?/m0/s1. The highest BCUT2D eigenvalue weighted by molar-refractivity contribution is 7.52. The van der Waals surface area contributed by atoms with Gasteiger partial charge in [-0.1, -0.05) is 47.8 Å². The number of esters is 1. The van der Waals surface area contributed by atoms with Crippen LogP contribution >= 0.6 is 30.9 Å². The van der Waals surface area contributed by atoms with Crippen LogP contribution in [0.25, 0.3) is 0 Å². The molecule has 1 unspecified atom stereocenters. The molecule has 214 valence electrons. The molecule has 1 saturated heterocycles. The number of aromatic amines is 1. The van der Waals surface area contributed by atoms with Crippen molar-refractivity contribution in [3.05, 3.63) is 63.4 Å². The SMILES string of the molecule is C[C@H](NP(=O)(OC[C@H]1O[C@@H](n2ccc(=O)[nH]c2=O)C(Cl)(Cl)[C@@H]1O)Oc1ccccc1)C(=O)OC1CCCCC1. The molecule has 2 aliphatic rings. The smallest absolute Gasteiger partial charge is 0.459 e. The summed E-state index contributed by atoms with van der Waals surface area (Å²) in [6, 6.07) is 8.14. The average molecular weight is 606 g/mol. The first-order valence-electron chi connectivity index (χ1n) is 12.5. The maximum atomic E-state index is 13.8. The van der Waals surface area contributed by atoms with Crippen LogP contribution in [0.15, 0.2) is 52.2 Å². The van der Waals surface area contributed by atoms with Crippen LogP contribution in [0.5, 0.6) is 5.75 Å². The second-order valence-electron chi connectivity index (χ2n) is 9.41. The Morgan fingerprint density at radius 3 is 2.59 bits per heavy atom. The fourth-order valence-corrected chi connectivity index (χ4v) is 6.44. The van der Waals surface area contributed by atoms with Gasteiger partial charge >= 0.3 is 19.4 Å². The number of carbonyl (C=O) groups is 1. The van der Waals surface area contributed by atoms with Crippen LogP contribution in [0.2, 0.25) is 0 Å². The van der Waals surface area contributed by atoms with Gasteiger partial charge in [0.25, 0.3) is 5.56 Å². The number of aliphatic hydroxyl groups excluding tert-OH is 1. The van der Waals surface area contributed by atoms with E-state index in [0.29, 0.717) is 0 Å². The summed E-state index contributed by atoms with van der Waals surface area (Å²) >= 11 is 12.7. The molecule has 12 nitrogen and oxygen atoms in total. The summed E-state index contributed by atoms with van der Waals surface area (Å²) in [5, 5.41) is 13.3. The van der Waals surface area contributed by atoms with E-state index in [0.717, 1.165) is 48.9 Å². The van der Waals surface area contributed by atoms with Crippen LogP contribution in [0.1, 0.15) is 45.3 Å². The van der Waals surface area contributed by atoms with Crippen molar-refractivity contribution < 1.29 is 33.0 Å². The number of aromatic nitrogens is 2. The minimum absolute atomic E-state index is 0.191. The van der Waals surface area contributed by atoms with E-state index >= 15 is 0 Å². The Morgan fingerprint density at radius 1 is 1.23 bits per heavy atom. The van der Waals surface area contributed by atoms with Crippen molar-refractivity contribution in [2.75, 3.05) is 6.61 Å². The molecule has 39 heavy (non-hydrogen) atoms. The lowest BCUT2D eigenvalue weighted by molar-refractivity contribution is -0.152. The van der Waals surface area contributed by atoms with Crippen molar-refractivity contribution in [1.82, 2.24) is 14.6 Å². The Labute approximate surface area is 234 Å². The fraction of sp³-hybridized carbons (Fsp3) is 0.542. The number of aliphatic hydroxyl groups is 1. The summed E-state index contributed by atoms with van der Waals surface area (Å²) in [5.41, 5.74) is -1.51. The molecule has 1 saturated carbocycles. The van der Waals surface area contributed by atoms with Crippen LogP contribution in [-0.4, -0.2) is 55.9 Å². The first-order valence-corrected chi connectivity index (χ1v) is 14.8. The highest BCUT2D eigenvalue weighted by atomic mass is 35.5. The molecule has 3 N–H and O–H groups in total.